The molecule has 1 aliphatic rings. The number of hydrogen-bond acceptors (Lipinski definition) is 0. The fourth-order valence-electron chi connectivity index (χ4n) is 2.20. The first kappa shape index (κ1) is 11.1. The van der Waals surface area contributed by atoms with Gasteiger partial charge in [0.15, 0.2) is 0 Å². The van der Waals surface area contributed by atoms with Crippen LogP contribution in [0.4, 0.5) is 0 Å². The van der Waals surface area contributed by atoms with Crippen LogP contribution >= 0.6 is 0 Å². The molecule has 13 heavy (non-hydrogen) atoms. The standard InChI is InChI=1S/C13H26/c1-4-11(2)12(3)7-5-8-13-9-6-10-13/h11-13H,4-10H2,1-3H3. The zero-order valence-corrected chi connectivity index (χ0v) is 9.68. The topological polar surface area (TPSA) is 0 Å². The summed E-state index contributed by atoms with van der Waals surface area (Å²) in [5.41, 5.74) is 0. The van der Waals surface area contributed by atoms with E-state index in [-0.39, 0.29) is 0 Å². The van der Waals surface area contributed by atoms with Crippen LogP contribution in [0.5, 0.6) is 0 Å². The third-order valence-corrected chi connectivity index (χ3v) is 4.11. The van der Waals surface area contributed by atoms with Crippen molar-refractivity contribution in [1.82, 2.24) is 0 Å². The van der Waals surface area contributed by atoms with Crippen molar-refractivity contribution in [3.05, 3.63) is 0 Å². The average molecular weight is 182 g/mol. The van der Waals surface area contributed by atoms with Gasteiger partial charge in [-0.3, -0.25) is 0 Å². The van der Waals surface area contributed by atoms with Gasteiger partial charge in [-0.1, -0.05) is 65.7 Å². The molecular weight excluding hydrogens is 156 g/mol. The van der Waals surface area contributed by atoms with Gasteiger partial charge < -0.3 is 0 Å². The van der Waals surface area contributed by atoms with Gasteiger partial charge in [0.25, 0.3) is 0 Å². The molecule has 0 aromatic heterocycles. The van der Waals surface area contributed by atoms with Crippen LogP contribution in [0, 0.1) is 17.8 Å². The van der Waals surface area contributed by atoms with E-state index in [4.69, 9.17) is 0 Å². The molecule has 0 radical (unpaired) electrons. The summed E-state index contributed by atoms with van der Waals surface area (Å²) < 4.78 is 0. The molecule has 0 heterocycles. The van der Waals surface area contributed by atoms with Crippen LogP contribution in [-0.2, 0) is 0 Å². The van der Waals surface area contributed by atoms with E-state index in [2.05, 4.69) is 20.8 Å². The summed E-state index contributed by atoms with van der Waals surface area (Å²) in [6, 6.07) is 0. The van der Waals surface area contributed by atoms with E-state index in [0.29, 0.717) is 0 Å². The lowest BCUT2D eigenvalue weighted by molar-refractivity contribution is 0.267. The highest BCUT2D eigenvalue weighted by Crippen LogP contribution is 2.32. The van der Waals surface area contributed by atoms with Crippen LogP contribution in [0.1, 0.15) is 65.7 Å². The lowest BCUT2D eigenvalue weighted by Gasteiger charge is -2.26. The molecule has 1 saturated carbocycles. The predicted molar refractivity (Wildman–Crippen MR) is 59.8 cm³/mol. The molecule has 0 heteroatoms. The normalized spacial score (nSPS) is 22.4. The molecule has 1 fully saturated rings. The van der Waals surface area contributed by atoms with Crippen LogP contribution in [0.3, 0.4) is 0 Å². The van der Waals surface area contributed by atoms with E-state index in [1.54, 1.807) is 0 Å². The van der Waals surface area contributed by atoms with E-state index < -0.39 is 0 Å². The second kappa shape index (κ2) is 5.67. The fraction of sp³-hybridized carbons (Fsp3) is 1.00. The van der Waals surface area contributed by atoms with Gasteiger partial charge in [0.2, 0.25) is 0 Å². The molecule has 2 unspecified atom stereocenters. The Balaban J connectivity index is 1.97. The monoisotopic (exact) mass is 182 g/mol. The van der Waals surface area contributed by atoms with Crippen molar-refractivity contribution >= 4 is 0 Å². The van der Waals surface area contributed by atoms with Crippen molar-refractivity contribution in [2.24, 2.45) is 17.8 Å². The minimum atomic E-state index is 0.932. The fourth-order valence-corrected chi connectivity index (χ4v) is 2.20. The van der Waals surface area contributed by atoms with Crippen molar-refractivity contribution in [3.8, 4) is 0 Å². The third-order valence-electron chi connectivity index (χ3n) is 4.11. The first-order chi connectivity index (χ1) is 6.24. The summed E-state index contributed by atoms with van der Waals surface area (Å²) in [6.07, 6.45) is 10.4. The van der Waals surface area contributed by atoms with Crippen molar-refractivity contribution in [1.29, 1.82) is 0 Å². The van der Waals surface area contributed by atoms with Gasteiger partial charge in [-0.2, -0.15) is 0 Å². The smallest absolute Gasteiger partial charge is 0.0414 e. The Morgan fingerprint density at radius 3 is 2.31 bits per heavy atom. The van der Waals surface area contributed by atoms with E-state index in [1.165, 1.54) is 44.9 Å². The molecule has 0 spiro atoms. The molecule has 0 N–H and O–H groups in total. The predicted octanol–water partition coefficient (Wildman–Crippen LogP) is 4.64. The summed E-state index contributed by atoms with van der Waals surface area (Å²) in [4.78, 5) is 0. The van der Waals surface area contributed by atoms with Crippen molar-refractivity contribution in [2.75, 3.05) is 0 Å². The first-order valence-electron chi connectivity index (χ1n) is 6.24. The van der Waals surface area contributed by atoms with E-state index in [0.717, 1.165) is 17.8 Å². The molecular formula is C13H26. The van der Waals surface area contributed by atoms with Gasteiger partial charge in [-0.05, 0) is 17.8 Å². The summed E-state index contributed by atoms with van der Waals surface area (Å²) >= 11 is 0. The molecule has 0 saturated heterocycles. The molecule has 0 aromatic carbocycles. The van der Waals surface area contributed by atoms with Gasteiger partial charge in [-0.15, -0.1) is 0 Å². The van der Waals surface area contributed by atoms with Crippen LogP contribution in [0.2, 0.25) is 0 Å². The highest BCUT2D eigenvalue weighted by atomic mass is 14.2. The van der Waals surface area contributed by atoms with Gasteiger partial charge in [-0.25, -0.2) is 0 Å². The summed E-state index contributed by atoms with van der Waals surface area (Å²) in [5, 5.41) is 0. The highest BCUT2D eigenvalue weighted by molar-refractivity contribution is 4.70. The summed E-state index contributed by atoms with van der Waals surface area (Å²) in [5.74, 6) is 3.00. The zero-order valence-electron chi connectivity index (χ0n) is 9.68. The SMILES string of the molecule is CCC(C)C(C)CCCC1CCC1. The Bertz CT molecular complexity index is 124. The quantitative estimate of drug-likeness (QED) is 0.561. The van der Waals surface area contributed by atoms with E-state index in [1.807, 2.05) is 0 Å². The number of rotatable bonds is 6. The van der Waals surface area contributed by atoms with Crippen molar-refractivity contribution < 1.29 is 0 Å². The second-order valence-electron chi connectivity index (χ2n) is 5.09. The van der Waals surface area contributed by atoms with Crippen LogP contribution < -0.4 is 0 Å². The Labute approximate surface area is 84.1 Å². The largest absolute Gasteiger partial charge is 0.0651 e. The lowest BCUT2D eigenvalue weighted by Crippen LogP contribution is -2.12. The maximum atomic E-state index is 2.43. The minimum absolute atomic E-state index is 0.932. The zero-order chi connectivity index (χ0) is 9.68. The van der Waals surface area contributed by atoms with Crippen molar-refractivity contribution in [2.45, 2.75) is 65.7 Å². The molecule has 0 nitrogen and oxygen atoms in total. The molecule has 0 bridgehead atoms. The first-order valence-corrected chi connectivity index (χ1v) is 6.24. The average Bonchev–Trinajstić information content (AvgIpc) is 2.07. The van der Waals surface area contributed by atoms with Gasteiger partial charge in [0.1, 0.15) is 0 Å². The van der Waals surface area contributed by atoms with Gasteiger partial charge in [0.05, 0.1) is 0 Å². The Hall–Kier alpha value is 0. The minimum Gasteiger partial charge on any atom is -0.0651 e. The van der Waals surface area contributed by atoms with E-state index >= 15 is 0 Å². The molecule has 1 rings (SSSR count). The maximum absolute atomic E-state index is 2.43. The van der Waals surface area contributed by atoms with Gasteiger partial charge >= 0.3 is 0 Å². The summed E-state index contributed by atoms with van der Waals surface area (Å²) in [6.45, 7) is 7.13. The summed E-state index contributed by atoms with van der Waals surface area (Å²) in [7, 11) is 0. The van der Waals surface area contributed by atoms with Crippen LogP contribution in [0.25, 0.3) is 0 Å². The Morgan fingerprint density at radius 2 is 1.85 bits per heavy atom. The third kappa shape index (κ3) is 3.70. The van der Waals surface area contributed by atoms with Crippen molar-refractivity contribution in [3.63, 3.8) is 0 Å². The maximum Gasteiger partial charge on any atom is -0.0414 e. The molecule has 0 aliphatic heterocycles. The molecule has 78 valence electrons. The van der Waals surface area contributed by atoms with Crippen LogP contribution in [-0.4, -0.2) is 0 Å². The highest BCUT2D eigenvalue weighted by Gasteiger charge is 2.17. The van der Waals surface area contributed by atoms with E-state index in [9.17, 15) is 0 Å². The molecule has 1 aliphatic carbocycles. The Kier molecular flexibility index (Phi) is 4.83. The molecule has 0 amide bonds. The second-order valence-corrected chi connectivity index (χ2v) is 5.09. The Morgan fingerprint density at radius 1 is 1.15 bits per heavy atom. The van der Waals surface area contributed by atoms with Crippen LogP contribution in [0.15, 0.2) is 0 Å². The molecule has 0 aromatic rings. The lowest BCUT2D eigenvalue weighted by atomic mass is 9.80. The van der Waals surface area contributed by atoms with Gasteiger partial charge in [0, 0.05) is 0 Å². The number of hydrogen-bond donors (Lipinski definition) is 0. The molecule has 2 atom stereocenters.